The lowest BCUT2D eigenvalue weighted by atomic mass is 9.59. The molecule has 2 fully saturated rings. The average molecular weight is 326 g/mol. The highest BCUT2D eigenvalue weighted by molar-refractivity contribution is 5.91. The van der Waals surface area contributed by atoms with Crippen molar-refractivity contribution in [2.45, 2.75) is 50.9 Å². The first-order valence-electron chi connectivity index (χ1n) is 8.28. The van der Waals surface area contributed by atoms with Crippen molar-refractivity contribution in [3.8, 4) is 0 Å². The van der Waals surface area contributed by atoms with E-state index in [2.05, 4.69) is 6.92 Å². The summed E-state index contributed by atoms with van der Waals surface area (Å²) < 4.78 is 27.9. The minimum Gasteiger partial charge on any atom is -0.466 e. The maximum Gasteiger partial charge on any atom is 0.336 e. The zero-order valence-corrected chi connectivity index (χ0v) is 14.2. The van der Waals surface area contributed by atoms with Crippen LogP contribution in [-0.2, 0) is 28.5 Å². The van der Waals surface area contributed by atoms with Gasteiger partial charge < -0.3 is 23.7 Å². The Kier molecular flexibility index (Phi) is 4.78. The van der Waals surface area contributed by atoms with E-state index >= 15 is 0 Å². The molecule has 2 aliphatic carbocycles. The quantitative estimate of drug-likeness (QED) is 0.583. The first-order valence-corrected chi connectivity index (χ1v) is 8.28. The number of methoxy groups -OCH3 is 2. The van der Waals surface area contributed by atoms with Crippen LogP contribution in [0.2, 0.25) is 0 Å². The molecule has 3 rings (SSSR count). The lowest BCUT2D eigenvalue weighted by Gasteiger charge is -2.52. The second kappa shape index (κ2) is 6.51. The van der Waals surface area contributed by atoms with Crippen LogP contribution < -0.4 is 0 Å². The van der Waals surface area contributed by atoms with Crippen LogP contribution >= 0.6 is 0 Å². The fourth-order valence-electron chi connectivity index (χ4n) is 4.41. The molecule has 1 saturated heterocycles. The summed E-state index contributed by atoms with van der Waals surface area (Å²) in [5.74, 6) is -0.923. The van der Waals surface area contributed by atoms with Gasteiger partial charge in [0.2, 0.25) is 0 Å². The third kappa shape index (κ3) is 2.61. The molecule has 0 radical (unpaired) electrons. The zero-order valence-electron chi connectivity index (χ0n) is 14.2. The SMILES string of the molecule is COCOC1CC[C@]2(C)C(=C1C(=O)OC)CCCC21OCCO1. The van der Waals surface area contributed by atoms with Crippen molar-refractivity contribution in [3.05, 3.63) is 11.1 Å². The second-order valence-electron chi connectivity index (χ2n) is 6.62. The largest absolute Gasteiger partial charge is 0.466 e. The van der Waals surface area contributed by atoms with E-state index in [0.29, 0.717) is 18.8 Å². The summed E-state index contributed by atoms with van der Waals surface area (Å²) in [5, 5.41) is 0. The summed E-state index contributed by atoms with van der Waals surface area (Å²) in [7, 11) is 2.99. The standard InChI is InChI=1S/C17H26O6/c1-16-8-6-13(21-11-19-2)14(15(18)20-3)12(16)5-4-7-17(16)22-9-10-23-17/h13H,4-11H2,1-3H3/t13?,16-/m1/s1. The molecule has 1 aliphatic heterocycles. The number of hydrogen-bond donors (Lipinski definition) is 0. The summed E-state index contributed by atoms with van der Waals surface area (Å²) in [6.45, 7) is 3.54. The minimum atomic E-state index is -0.605. The third-order valence-electron chi connectivity index (χ3n) is 5.54. The molecule has 130 valence electrons. The molecule has 6 heteroatoms. The lowest BCUT2D eigenvalue weighted by molar-refractivity contribution is -0.240. The number of ether oxygens (including phenoxy) is 5. The van der Waals surface area contributed by atoms with Crippen molar-refractivity contribution in [1.82, 2.24) is 0 Å². The summed E-state index contributed by atoms with van der Waals surface area (Å²) in [6, 6.07) is 0. The van der Waals surface area contributed by atoms with Crippen molar-refractivity contribution in [2.24, 2.45) is 5.41 Å². The minimum absolute atomic E-state index is 0.160. The van der Waals surface area contributed by atoms with Gasteiger partial charge in [0.25, 0.3) is 0 Å². The summed E-state index contributed by atoms with van der Waals surface area (Å²) in [5.41, 5.74) is 1.40. The third-order valence-corrected chi connectivity index (χ3v) is 5.54. The Balaban J connectivity index is 2.03. The van der Waals surface area contributed by atoms with Crippen LogP contribution in [0.25, 0.3) is 0 Å². The molecular weight excluding hydrogens is 300 g/mol. The van der Waals surface area contributed by atoms with E-state index in [4.69, 9.17) is 23.7 Å². The first kappa shape index (κ1) is 16.9. The van der Waals surface area contributed by atoms with E-state index in [0.717, 1.165) is 37.7 Å². The molecule has 23 heavy (non-hydrogen) atoms. The topological polar surface area (TPSA) is 63.2 Å². The summed E-state index contributed by atoms with van der Waals surface area (Å²) in [6.07, 6.45) is 3.94. The summed E-state index contributed by atoms with van der Waals surface area (Å²) >= 11 is 0. The van der Waals surface area contributed by atoms with Crippen LogP contribution in [0.5, 0.6) is 0 Å². The van der Waals surface area contributed by atoms with E-state index in [-0.39, 0.29) is 24.3 Å². The Bertz CT molecular complexity index is 493. The summed E-state index contributed by atoms with van der Waals surface area (Å²) in [4.78, 5) is 12.5. The molecule has 0 amide bonds. The van der Waals surface area contributed by atoms with Gasteiger partial charge in [0.1, 0.15) is 6.79 Å². The van der Waals surface area contributed by atoms with Gasteiger partial charge in [-0.25, -0.2) is 4.79 Å². The predicted octanol–water partition coefficient (Wildman–Crippen LogP) is 2.17. The number of carbonyl (C=O) groups is 1. The predicted molar refractivity (Wildman–Crippen MR) is 81.6 cm³/mol. The van der Waals surface area contributed by atoms with Crippen LogP contribution in [0.3, 0.4) is 0 Å². The van der Waals surface area contributed by atoms with E-state index in [1.165, 1.54) is 7.11 Å². The molecule has 0 aromatic heterocycles. The number of rotatable bonds is 4. The smallest absolute Gasteiger partial charge is 0.336 e. The Morgan fingerprint density at radius 3 is 2.65 bits per heavy atom. The first-order chi connectivity index (χ1) is 11.1. The monoisotopic (exact) mass is 326 g/mol. The molecule has 0 aromatic rings. The molecule has 0 aromatic carbocycles. The van der Waals surface area contributed by atoms with Crippen molar-refractivity contribution < 1.29 is 28.5 Å². The number of carbonyl (C=O) groups excluding carboxylic acids is 1. The highest BCUT2D eigenvalue weighted by Crippen LogP contribution is 2.58. The molecule has 3 aliphatic rings. The van der Waals surface area contributed by atoms with Gasteiger partial charge in [0.05, 0.1) is 32.0 Å². The fourth-order valence-corrected chi connectivity index (χ4v) is 4.41. The number of hydrogen-bond acceptors (Lipinski definition) is 6. The maximum absolute atomic E-state index is 12.5. The van der Waals surface area contributed by atoms with Gasteiger partial charge in [0.15, 0.2) is 5.79 Å². The lowest BCUT2D eigenvalue weighted by Crippen LogP contribution is -2.54. The molecule has 6 nitrogen and oxygen atoms in total. The fraction of sp³-hybridized carbons (Fsp3) is 0.824. The van der Waals surface area contributed by atoms with Gasteiger partial charge in [-0.2, -0.15) is 0 Å². The normalized spacial score (nSPS) is 32.9. The van der Waals surface area contributed by atoms with Crippen molar-refractivity contribution in [3.63, 3.8) is 0 Å². The Morgan fingerprint density at radius 2 is 2.00 bits per heavy atom. The zero-order chi connectivity index (χ0) is 16.5. The van der Waals surface area contributed by atoms with Gasteiger partial charge in [-0.15, -0.1) is 0 Å². The Morgan fingerprint density at radius 1 is 1.26 bits per heavy atom. The van der Waals surface area contributed by atoms with Crippen molar-refractivity contribution in [2.75, 3.05) is 34.2 Å². The van der Waals surface area contributed by atoms with Gasteiger partial charge in [0, 0.05) is 18.9 Å². The van der Waals surface area contributed by atoms with Crippen molar-refractivity contribution in [1.29, 1.82) is 0 Å². The Labute approximate surface area is 137 Å². The molecule has 0 N–H and O–H groups in total. The van der Waals surface area contributed by atoms with Crippen molar-refractivity contribution >= 4 is 5.97 Å². The highest BCUT2D eigenvalue weighted by Gasteiger charge is 2.59. The van der Waals surface area contributed by atoms with Crippen LogP contribution in [0.1, 0.15) is 39.0 Å². The van der Waals surface area contributed by atoms with Crippen LogP contribution in [0.15, 0.2) is 11.1 Å². The van der Waals surface area contributed by atoms with Gasteiger partial charge in [-0.05, 0) is 31.3 Å². The van der Waals surface area contributed by atoms with Crippen LogP contribution in [0, 0.1) is 5.41 Å². The molecule has 2 atom stereocenters. The van der Waals surface area contributed by atoms with Crippen LogP contribution in [0.4, 0.5) is 0 Å². The molecular formula is C17H26O6. The molecule has 0 bridgehead atoms. The van der Waals surface area contributed by atoms with Gasteiger partial charge in [-0.3, -0.25) is 0 Å². The molecule has 1 heterocycles. The number of fused-ring (bicyclic) bond motifs is 2. The Hall–Kier alpha value is -0.950. The maximum atomic E-state index is 12.5. The molecule has 1 spiro atoms. The molecule has 1 unspecified atom stereocenters. The van der Waals surface area contributed by atoms with Crippen LogP contribution in [-0.4, -0.2) is 52.1 Å². The number of esters is 1. The van der Waals surface area contributed by atoms with Gasteiger partial charge in [-0.1, -0.05) is 6.92 Å². The van der Waals surface area contributed by atoms with E-state index in [1.54, 1.807) is 7.11 Å². The molecule has 1 saturated carbocycles. The van der Waals surface area contributed by atoms with E-state index in [9.17, 15) is 4.79 Å². The van der Waals surface area contributed by atoms with E-state index < -0.39 is 5.79 Å². The van der Waals surface area contributed by atoms with E-state index in [1.807, 2.05) is 0 Å². The second-order valence-corrected chi connectivity index (χ2v) is 6.62. The average Bonchev–Trinajstić information content (AvgIpc) is 3.03. The van der Waals surface area contributed by atoms with Gasteiger partial charge >= 0.3 is 5.97 Å². The highest BCUT2D eigenvalue weighted by atomic mass is 16.7.